The van der Waals surface area contributed by atoms with Crippen molar-refractivity contribution in [3.8, 4) is 0 Å². The molecule has 25 heavy (non-hydrogen) atoms. The van der Waals surface area contributed by atoms with Gasteiger partial charge in [0.05, 0.1) is 0 Å². The smallest absolute Gasteiger partial charge is 0.0352 e. The van der Waals surface area contributed by atoms with Gasteiger partial charge in [0.25, 0.3) is 0 Å². The van der Waals surface area contributed by atoms with Crippen LogP contribution in [0.1, 0.15) is 111 Å². The van der Waals surface area contributed by atoms with Crippen LogP contribution in [0.5, 0.6) is 0 Å². The Hall–Kier alpha value is 0. The van der Waals surface area contributed by atoms with Crippen molar-refractivity contribution in [3.63, 3.8) is 0 Å². The molecule has 0 aromatic carbocycles. The van der Waals surface area contributed by atoms with Gasteiger partial charge in [-0.25, -0.2) is 0 Å². The molecule has 0 radical (unpaired) electrons. The fraction of sp³-hybridized carbons (Fsp3) is 1.00. The number of hydrogen-bond donors (Lipinski definition) is 0. The molecule has 0 amide bonds. The molecule has 0 nitrogen and oxygen atoms in total. The quantitative estimate of drug-likeness (QED) is 0.488. The van der Waals surface area contributed by atoms with E-state index >= 15 is 0 Å². The van der Waals surface area contributed by atoms with Gasteiger partial charge in [-0.15, -0.1) is 0 Å². The molecule has 0 aliphatic heterocycles. The Morgan fingerprint density at radius 3 is 1.92 bits per heavy atom. The third kappa shape index (κ3) is 4.30. The second-order valence-corrected chi connectivity index (χ2v) is 11.8. The molecule has 0 N–H and O–H groups in total. The molecule has 0 saturated heterocycles. The number of fused-ring (bicyclic) bond motifs is 1. The highest BCUT2D eigenvalue weighted by molar-refractivity contribution is 4.97. The van der Waals surface area contributed by atoms with Gasteiger partial charge in [-0.2, -0.15) is 0 Å². The van der Waals surface area contributed by atoms with Gasteiger partial charge >= 0.3 is 0 Å². The Morgan fingerprint density at radius 2 is 1.24 bits per heavy atom. The summed E-state index contributed by atoms with van der Waals surface area (Å²) in [4.78, 5) is 0. The largest absolute Gasteiger partial charge is 0.0602 e. The Morgan fingerprint density at radius 1 is 0.560 bits per heavy atom. The van der Waals surface area contributed by atoms with E-state index in [9.17, 15) is 0 Å². The first-order valence-electron chi connectivity index (χ1n) is 12.0. The summed E-state index contributed by atoms with van der Waals surface area (Å²) in [6.45, 7) is 7.30. The molecule has 4 aliphatic rings. The SMILES string of the molecule is CC(C)(C)CC1CCC(C2CC3CCC(C4CCCCC4)C3C2)CC1. The van der Waals surface area contributed by atoms with Crippen molar-refractivity contribution in [2.24, 2.45) is 46.8 Å². The Kier molecular flexibility index (Phi) is 5.55. The summed E-state index contributed by atoms with van der Waals surface area (Å²) >= 11 is 0. The third-order valence-electron chi connectivity index (χ3n) is 8.92. The lowest BCUT2D eigenvalue weighted by atomic mass is 9.70. The summed E-state index contributed by atoms with van der Waals surface area (Å²) in [5.41, 5.74) is 0.537. The summed E-state index contributed by atoms with van der Waals surface area (Å²) in [5, 5.41) is 0. The van der Waals surface area contributed by atoms with Crippen LogP contribution in [0, 0.1) is 46.8 Å². The van der Waals surface area contributed by atoms with Crippen molar-refractivity contribution in [3.05, 3.63) is 0 Å². The fourth-order valence-electron chi connectivity index (χ4n) is 7.94. The lowest BCUT2D eigenvalue weighted by molar-refractivity contribution is 0.153. The molecule has 144 valence electrons. The summed E-state index contributed by atoms with van der Waals surface area (Å²) in [6, 6.07) is 0. The van der Waals surface area contributed by atoms with Gasteiger partial charge in [0, 0.05) is 0 Å². The van der Waals surface area contributed by atoms with E-state index in [2.05, 4.69) is 20.8 Å². The molecule has 0 bridgehead atoms. The van der Waals surface area contributed by atoms with Gasteiger partial charge in [0.15, 0.2) is 0 Å². The molecule has 4 fully saturated rings. The Labute approximate surface area is 157 Å². The minimum absolute atomic E-state index is 0.537. The molecule has 4 rings (SSSR count). The van der Waals surface area contributed by atoms with Crippen molar-refractivity contribution < 1.29 is 0 Å². The second-order valence-electron chi connectivity index (χ2n) is 11.8. The zero-order valence-electron chi connectivity index (χ0n) is 17.4. The monoisotopic (exact) mass is 344 g/mol. The van der Waals surface area contributed by atoms with E-state index in [1.807, 2.05) is 0 Å². The van der Waals surface area contributed by atoms with E-state index in [1.54, 1.807) is 77.0 Å². The van der Waals surface area contributed by atoms with E-state index in [4.69, 9.17) is 0 Å². The van der Waals surface area contributed by atoms with Gasteiger partial charge < -0.3 is 0 Å². The van der Waals surface area contributed by atoms with Crippen LogP contribution in [0.3, 0.4) is 0 Å². The first-order valence-corrected chi connectivity index (χ1v) is 12.0. The van der Waals surface area contributed by atoms with Crippen LogP contribution in [0.25, 0.3) is 0 Å². The molecular formula is C25H44. The van der Waals surface area contributed by atoms with Crippen LogP contribution in [-0.2, 0) is 0 Å². The maximum absolute atomic E-state index is 2.43. The average Bonchev–Trinajstić information content (AvgIpc) is 3.15. The molecule has 0 aromatic rings. The minimum atomic E-state index is 0.537. The first-order chi connectivity index (χ1) is 12.0. The maximum Gasteiger partial charge on any atom is -0.0352 e. The summed E-state index contributed by atoms with van der Waals surface area (Å²) in [5.74, 6) is 7.83. The van der Waals surface area contributed by atoms with E-state index in [0.29, 0.717) is 5.41 Å². The number of rotatable bonds is 3. The zero-order chi connectivity index (χ0) is 17.4. The lowest BCUT2D eigenvalue weighted by Gasteiger charge is -2.36. The van der Waals surface area contributed by atoms with Gasteiger partial charge in [-0.05, 0) is 91.8 Å². The number of hydrogen-bond acceptors (Lipinski definition) is 0. The molecule has 0 spiro atoms. The molecule has 4 atom stereocenters. The van der Waals surface area contributed by atoms with Crippen molar-refractivity contribution in [2.45, 2.75) is 111 Å². The third-order valence-corrected chi connectivity index (χ3v) is 8.92. The minimum Gasteiger partial charge on any atom is -0.0602 e. The molecule has 4 unspecified atom stereocenters. The van der Waals surface area contributed by atoms with Crippen molar-refractivity contribution in [2.75, 3.05) is 0 Å². The highest BCUT2D eigenvalue weighted by Gasteiger charge is 2.47. The standard InChI is InChI=1S/C25H44/c1-25(2,3)17-18-9-11-19(12-10-18)22-15-21-13-14-23(24(21)16-22)20-7-5-4-6-8-20/h18-24H,4-17H2,1-3H3. The topological polar surface area (TPSA) is 0 Å². The lowest BCUT2D eigenvalue weighted by Crippen LogP contribution is -2.25. The normalized spacial score (nSPS) is 43.3. The van der Waals surface area contributed by atoms with Gasteiger partial charge in [0.1, 0.15) is 0 Å². The summed E-state index contributed by atoms with van der Waals surface area (Å²) < 4.78 is 0. The molecule has 0 heterocycles. The van der Waals surface area contributed by atoms with Crippen molar-refractivity contribution in [1.82, 2.24) is 0 Å². The van der Waals surface area contributed by atoms with Crippen molar-refractivity contribution in [1.29, 1.82) is 0 Å². The van der Waals surface area contributed by atoms with Crippen LogP contribution in [0.2, 0.25) is 0 Å². The van der Waals surface area contributed by atoms with Crippen LogP contribution >= 0.6 is 0 Å². The first kappa shape index (κ1) is 18.4. The molecular weight excluding hydrogens is 300 g/mol. The second kappa shape index (κ2) is 7.55. The summed E-state index contributed by atoms with van der Waals surface area (Å²) in [6.07, 6.45) is 21.9. The molecule has 0 heteroatoms. The maximum atomic E-state index is 2.43. The summed E-state index contributed by atoms with van der Waals surface area (Å²) in [7, 11) is 0. The van der Waals surface area contributed by atoms with Crippen molar-refractivity contribution >= 4 is 0 Å². The molecule has 4 saturated carbocycles. The van der Waals surface area contributed by atoms with Gasteiger partial charge in [-0.1, -0.05) is 65.7 Å². The van der Waals surface area contributed by atoms with Crippen LogP contribution in [0.4, 0.5) is 0 Å². The average molecular weight is 345 g/mol. The van der Waals surface area contributed by atoms with Gasteiger partial charge in [0.2, 0.25) is 0 Å². The van der Waals surface area contributed by atoms with Crippen LogP contribution < -0.4 is 0 Å². The zero-order valence-corrected chi connectivity index (χ0v) is 17.4. The molecule has 0 aromatic heterocycles. The van der Waals surface area contributed by atoms with E-state index in [0.717, 1.165) is 41.4 Å². The fourth-order valence-corrected chi connectivity index (χ4v) is 7.94. The molecule has 4 aliphatic carbocycles. The Bertz CT molecular complexity index is 416. The Balaban J connectivity index is 1.28. The predicted octanol–water partition coefficient (Wildman–Crippen LogP) is 7.86. The van der Waals surface area contributed by atoms with E-state index < -0.39 is 0 Å². The van der Waals surface area contributed by atoms with E-state index in [-0.39, 0.29) is 0 Å². The van der Waals surface area contributed by atoms with Gasteiger partial charge in [-0.3, -0.25) is 0 Å². The van der Waals surface area contributed by atoms with Crippen LogP contribution in [0.15, 0.2) is 0 Å². The predicted molar refractivity (Wildman–Crippen MR) is 109 cm³/mol. The van der Waals surface area contributed by atoms with E-state index in [1.165, 1.54) is 12.8 Å². The highest BCUT2D eigenvalue weighted by atomic mass is 14.5. The highest BCUT2D eigenvalue weighted by Crippen LogP contribution is 2.57. The van der Waals surface area contributed by atoms with Crippen LogP contribution in [-0.4, -0.2) is 0 Å².